The third kappa shape index (κ3) is 4.48. The molecule has 4 nitrogen and oxygen atoms in total. The molecule has 0 aromatic carbocycles. The summed E-state index contributed by atoms with van der Waals surface area (Å²) >= 11 is 0. The molecule has 2 aliphatic carbocycles. The Morgan fingerprint density at radius 2 is 1.79 bits per heavy atom. The first kappa shape index (κ1) is 14.8. The number of carbonyl (C=O) groups is 1. The van der Waals surface area contributed by atoms with Crippen LogP contribution in [0.5, 0.6) is 0 Å². The van der Waals surface area contributed by atoms with Crippen LogP contribution < -0.4 is 0 Å². The van der Waals surface area contributed by atoms with Gasteiger partial charge in [-0.05, 0) is 38.5 Å². The van der Waals surface area contributed by atoms with Gasteiger partial charge in [0.25, 0.3) is 0 Å². The van der Waals surface area contributed by atoms with E-state index in [1.807, 2.05) is 11.8 Å². The lowest BCUT2D eigenvalue weighted by Crippen LogP contribution is -2.44. The smallest absolute Gasteiger partial charge is 0.223 e. The third-order valence-electron chi connectivity index (χ3n) is 4.19. The Morgan fingerprint density at radius 1 is 1.21 bits per heavy atom. The number of hydrogen-bond acceptors (Lipinski definition) is 3. The maximum absolute atomic E-state index is 12.4. The molecule has 1 amide bonds. The topological polar surface area (TPSA) is 54.5 Å². The maximum atomic E-state index is 12.4. The first-order valence-electron chi connectivity index (χ1n) is 7.35. The van der Waals surface area contributed by atoms with Crippen LogP contribution in [0.2, 0.25) is 0 Å². The van der Waals surface area contributed by atoms with Crippen molar-refractivity contribution in [3.05, 3.63) is 0 Å². The molecule has 5 heteroatoms. The minimum Gasteiger partial charge on any atom is -0.336 e. The van der Waals surface area contributed by atoms with Gasteiger partial charge in [0, 0.05) is 24.8 Å². The maximum Gasteiger partial charge on any atom is 0.223 e. The largest absolute Gasteiger partial charge is 0.336 e. The van der Waals surface area contributed by atoms with Gasteiger partial charge in [-0.1, -0.05) is 12.8 Å². The summed E-state index contributed by atoms with van der Waals surface area (Å²) in [6.07, 6.45) is 8.71. The minimum absolute atomic E-state index is 0.0832. The summed E-state index contributed by atoms with van der Waals surface area (Å²) in [5.74, 6) is 0.782. The summed E-state index contributed by atoms with van der Waals surface area (Å²) in [4.78, 5) is 14.3. The molecule has 19 heavy (non-hydrogen) atoms. The summed E-state index contributed by atoms with van der Waals surface area (Å²) in [6.45, 7) is 1.87. The van der Waals surface area contributed by atoms with E-state index in [0.29, 0.717) is 18.4 Å². The Labute approximate surface area is 116 Å². The second kappa shape index (κ2) is 5.81. The number of hydrogen-bond donors (Lipinski definition) is 0. The summed E-state index contributed by atoms with van der Waals surface area (Å²) < 4.78 is 22.8. The molecule has 0 aliphatic heterocycles. The van der Waals surface area contributed by atoms with Crippen molar-refractivity contribution >= 4 is 15.7 Å². The standard InChI is InChI=1S/C14H25NO3S/c1-11(10-19(2,17)18)15(13-7-8-13)14(16)9-12-5-3-4-6-12/h11-13H,3-10H2,1-2H3/t11-/m1/s1. The van der Waals surface area contributed by atoms with Gasteiger partial charge in [-0.3, -0.25) is 4.79 Å². The van der Waals surface area contributed by atoms with E-state index in [4.69, 9.17) is 0 Å². The van der Waals surface area contributed by atoms with Crippen molar-refractivity contribution in [3.63, 3.8) is 0 Å². The third-order valence-corrected chi connectivity index (χ3v) is 5.27. The molecule has 0 radical (unpaired) electrons. The monoisotopic (exact) mass is 287 g/mol. The van der Waals surface area contributed by atoms with Gasteiger partial charge in [0.05, 0.1) is 5.75 Å². The van der Waals surface area contributed by atoms with Crippen molar-refractivity contribution < 1.29 is 13.2 Å². The minimum atomic E-state index is -3.03. The predicted octanol–water partition coefficient (Wildman–Crippen LogP) is 1.99. The first-order chi connectivity index (χ1) is 8.87. The second-order valence-electron chi connectivity index (χ2n) is 6.33. The average Bonchev–Trinajstić information content (AvgIpc) is 2.93. The molecule has 110 valence electrons. The van der Waals surface area contributed by atoms with Crippen LogP contribution in [-0.2, 0) is 14.6 Å². The second-order valence-corrected chi connectivity index (χ2v) is 8.51. The Balaban J connectivity index is 1.96. The van der Waals surface area contributed by atoms with Gasteiger partial charge in [-0.2, -0.15) is 0 Å². The van der Waals surface area contributed by atoms with Crippen LogP contribution in [0.25, 0.3) is 0 Å². The predicted molar refractivity (Wildman–Crippen MR) is 75.6 cm³/mol. The van der Waals surface area contributed by atoms with Gasteiger partial charge < -0.3 is 4.90 Å². The molecule has 0 saturated heterocycles. The molecule has 2 fully saturated rings. The molecule has 2 rings (SSSR count). The highest BCUT2D eigenvalue weighted by Crippen LogP contribution is 2.33. The van der Waals surface area contributed by atoms with Gasteiger partial charge in [0.2, 0.25) is 5.91 Å². The van der Waals surface area contributed by atoms with E-state index in [0.717, 1.165) is 25.7 Å². The van der Waals surface area contributed by atoms with E-state index in [2.05, 4.69) is 0 Å². The van der Waals surface area contributed by atoms with Crippen molar-refractivity contribution in [1.29, 1.82) is 0 Å². The molecule has 2 aliphatic rings. The van der Waals surface area contributed by atoms with Gasteiger partial charge in [-0.15, -0.1) is 0 Å². The Hall–Kier alpha value is -0.580. The molecule has 0 N–H and O–H groups in total. The highest BCUT2D eigenvalue weighted by molar-refractivity contribution is 7.90. The molecule has 0 spiro atoms. The zero-order chi connectivity index (χ0) is 14.0. The van der Waals surface area contributed by atoms with Crippen LogP contribution in [0.4, 0.5) is 0 Å². The molecule has 0 unspecified atom stereocenters. The van der Waals surface area contributed by atoms with Crippen molar-refractivity contribution in [2.75, 3.05) is 12.0 Å². The van der Waals surface area contributed by atoms with Crippen molar-refractivity contribution in [2.24, 2.45) is 5.92 Å². The summed E-state index contributed by atoms with van der Waals surface area (Å²) in [5.41, 5.74) is 0. The van der Waals surface area contributed by atoms with Crippen LogP contribution in [-0.4, -0.2) is 43.3 Å². The fourth-order valence-electron chi connectivity index (χ4n) is 3.25. The summed E-state index contributed by atoms with van der Waals surface area (Å²) in [6, 6.07) is 0.113. The van der Waals surface area contributed by atoms with Crippen molar-refractivity contribution in [2.45, 2.75) is 64.0 Å². The van der Waals surface area contributed by atoms with Crippen LogP contribution >= 0.6 is 0 Å². The van der Waals surface area contributed by atoms with E-state index >= 15 is 0 Å². The number of carbonyl (C=O) groups excluding carboxylic acids is 1. The normalized spacial score (nSPS) is 22.4. The summed E-state index contributed by atoms with van der Waals surface area (Å²) in [5, 5.41) is 0. The average molecular weight is 287 g/mol. The zero-order valence-corrected chi connectivity index (χ0v) is 12.8. The summed E-state index contributed by atoms with van der Waals surface area (Å²) in [7, 11) is -3.03. The van der Waals surface area contributed by atoms with Crippen molar-refractivity contribution in [3.8, 4) is 0 Å². The fourth-order valence-corrected chi connectivity index (χ4v) is 4.28. The Bertz CT molecular complexity index is 422. The molecule has 0 heterocycles. The molecular weight excluding hydrogens is 262 g/mol. The lowest BCUT2D eigenvalue weighted by molar-refractivity contribution is -0.134. The zero-order valence-electron chi connectivity index (χ0n) is 12.0. The molecule has 1 atom stereocenters. The fraction of sp³-hybridized carbons (Fsp3) is 0.929. The molecule has 0 aromatic rings. The Morgan fingerprint density at radius 3 is 2.26 bits per heavy atom. The van der Waals surface area contributed by atoms with E-state index in [1.54, 1.807) is 0 Å². The van der Waals surface area contributed by atoms with E-state index in [1.165, 1.54) is 19.1 Å². The Kier molecular flexibility index (Phi) is 4.54. The van der Waals surface area contributed by atoms with Crippen LogP contribution in [0, 0.1) is 5.92 Å². The molecule has 0 bridgehead atoms. The van der Waals surface area contributed by atoms with Gasteiger partial charge in [0.1, 0.15) is 9.84 Å². The number of nitrogens with zero attached hydrogens (tertiary/aromatic N) is 1. The van der Waals surface area contributed by atoms with Gasteiger partial charge in [0.15, 0.2) is 0 Å². The van der Waals surface area contributed by atoms with E-state index in [9.17, 15) is 13.2 Å². The SMILES string of the molecule is C[C@H](CS(C)(=O)=O)N(C(=O)CC1CCCC1)C1CC1. The van der Waals surface area contributed by atoms with Gasteiger partial charge >= 0.3 is 0 Å². The highest BCUT2D eigenvalue weighted by Gasteiger charge is 2.37. The lowest BCUT2D eigenvalue weighted by atomic mass is 10.0. The highest BCUT2D eigenvalue weighted by atomic mass is 32.2. The van der Waals surface area contributed by atoms with Gasteiger partial charge in [-0.25, -0.2) is 8.42 Å². The molecular formula is C14H25NO3S. The van der Waals surface area contributed by atoms with Crippen LogP contribution in [0.15, 0.2) is 0 Å². The number of amides is 1. The molecule has 0 aromatic heterocycles. The lowest BCUT2D eigenvalue weighted by Gasteiger charge is -2.30. The van der Waals surface area contributed by atoms with E-state index < -0.39 is 9.84 Å². The van der Waals surface area contributed by atoms with E-state index in [-0.39, 0.29) is 17.7 Å². The quantitative estimate of drug-likeness (QED) is 0.750. The van der Waals surface area contributed by atoms with Crippen LogP contribution in [0.3, 0.4) is 0 Å². The van der Waals surface area contributed by atoms with Crippen LogP contribution in [0.1, 0.15) is 51.9 Å². The van der Waals surface area contributed by atoms with Crippen molar-refractivity contribution in [1.82, 2.24) is 4.90 Å². The molecule has 2 saturated carbocycles. The number of sulfone groups is 1. The number of rotatable bonds is 6. The first-order valence-corrected chi connectivity index (χ1v) is 9.42.